The number of carbonyl (C=O) groups excluding carboxylic acids is 2. The summed E-state index contributed by atoms with van der Waals surface area (Å²) in [6.07, 6.45) is 1.03. The summed E-state index contributed by atoms with van der Waals surface area (Å²) < 4.78 is 2.03. The van der Waals surface area contributed by atoms with Crippen molar-refractivity contribution in [3.05, 3.63) is 63.6 Å². The summed E-state index contributed by atoms with van der Waals surface area (Å²) in [5.41, 5.74) is 4.56. The van der Waals surface area contributed by atoms with Crippen LogP contribution < -0.4 is 10.6 Å². The quantitative estimate of drug-likeness (QED) is 0.532. The first-order valence-corrected chi connectivity index (χ1v) is 11.0. The summed E-state index contributed by atoms with van der Waals surface area (Å²) in [6, 6.07) is 10.8. The highest BCUT2D eigenvalue weighted by Crippen LogP contribution is 2.19. The molecule has 7 heteroatoms. The number of aromatic nitrogens is 2. The molecule has 158 valence electrons. The van der Waals surface area contributed by atoms with Crippen molar-refractivity contribution in [3.63, 3.8) is 0 Å². The van der Waals surface area contributed by atoms with E-state index < -0.39 is 0 Å². The highest BCUT2D eigenvalue weighted by molar-refractivity contribution is 7.12. The second-order valence-electron chi connectivity index (χ2n) is 7.79. The number of rotatable bonds is 8. The van der Waals surface area contributed by atoms with Gasteiger partial charge in [-0.15, -0.1) is 11.3 Å². The van der Waals surface area contributed by atoms with Gasteiger partial charge >= 0.3 is 0 Å². The SMILES string of the molecule is Cc1nn(CC(C)C)c(C)c1CCC(=O)Nc1cccc(NC(=O)c2cccs2)c1. The molecular formula is C23H28N4O2S. The van der Waals surface area contributed by atoms with Crippen LogP contribution in [0, 0.1) is 19.8 Å². The van der Waals surface area contributed by atoms with E-state index in [-0.39, 0.29) is 11.8 Å². The highest BCUT2D eigenvalue weighted by atomic mass is 32.1. The third-order valence-corrected chi connectivity index (χ3v) is 5.69. The Hall–Kier alpha value is -2.93. The maximum Gasteiger partial charge on any atom is 0.265 e. The van der Waals surface area contributed by atoms with Gasteiger partial charge in [0.25, 0.3) is 5.91 Å². The molecule has 2 N–H and O–H groups in total. The number of hydrogen-bond acceptors (Lipinski definition) is 4. The zero-order chi connectivity index (χ0) is 21.7. The molecule has 0 atom stereocenters. The summed E-state index contributed by atoms with van der Waals surface area (Å²) in [6.45, 7) is 9.27. The Morgan fingerprint density at radius 2 is 1.83 bits per heavy atom. The Morgan fingerprint density at radius 1 is 1.10 bits per heavy atom. The molecule has 0 bridgehead atoms. The first-order chi connectivity index (χ1) is 14.3. The van der Waals surface area contributed by atoms with Crippen molar-refractivity contribution in [3.8, 4) is 0 Å². The molecule has 30 heavy (non-hydrogen) atoms. The molecule has 0 aliphatic rings. The fourth-order valence-corrected chi connectivity index (χ4v) is 3.98. The topological polar surface area (TPSA) is 76.0 Å². The van der Waals surface area contributed by atoms with Gasteiger partial charge < -0.3 is 10.6 Å². The van der Waals surface area contributed by atoms with E-state index in [2.05, 4.69) is 36.5 Å². The zero-order valence-corrected chi connectivity index (χ0v) is 18.7. The predicted molar refractivity (Wildman–Crippen MR) is 122 cm³/mol. The van der Waals surface area contributed by atoms with E-state index in [1.807, 2.05) is 35.2 Å². The Bertz CT molecular complexity index is 1020. The molecule has 1 aromatic carbocycles. The van der Waals surface area contributed by atoms with Crippen molar-refractivity contribution < 1.29 is 9.59 Å². The molecule has 0 saturated carbocycles. The Kier molecular flexibility index (Phi) is 7.05. The molecule has 0 spiro atoms. The van der Waals surface area contributed by atoms with Gasteiger partial charge in [0.05, 0.1) is 10.6 Å². The fourth-order valence-electron chi connectivity index (χ4n) is 3.36. The molecule has 0 unspecified atom stereocenters. The van der Waals surface area contributed by atoms with Gasteiger partial charge in [0.15, 0.2) is 0 Å². The van der Waals surface area contributed by atoms with E-state index in [0.717, 1.165) is 23.5 Å². The van der Waals surface area contributed by atoms with Crippen LogP contribution in [-0.4, -0.2) is 21.6 Å². The number of benzene rings is 1. The monoisotopic (exact) mass is 424 g/mol. The smallest absolute Gasteiger partial charge is 0.265 e. The van der Waals surface area contributed by atoms with Gasteiger partial charge in [0.1, 0.15) is 0 Å². The van der Waals surface area contributed by atoms with Crippen LogP contribution in [-0.2, 0) is 17.8 Å². The van der Waals surface area contributed by atoms with Gasteiger partial charge in [-0.3, -0.25) is 14.3 Å². The van der Waals surface area contributed by atoms with Gasteiger partial charge in [-0.1, -0.05) is 26.0 Å². The second kappa shape index (κ2) is 9.71. The van der Waals surface area contributed by atoms with E-state index in [4.69, 9.17) is 0 Å². The molecule has 0 aliphatic heterocycles. The van der Waals surface area contributed by atoms with Crippen molar-refractivity contribution in [1.29, 1.82) is 0 Å². The third-order valence-electron chi connectivity index (χ3n) is 4.82. The van der Waals surface area contributed by atoms with Gasteiger partial charge in [0, 0.05) is 30.0 Å². The Morgan fingerprint density at radius 3 is 2.50 bits per heavy atom. The largest absolute Gasteiger partial charge is 0.326 e. The van der Waals surface area contributed by atoms with Crippen LogP contribution >= 0.6 is 11.3 Å². The Balaban J connectivity index is 1.58. The number of thiophene rings is 1. The number of nitrogens with one attached hydrogen (secondary N) is 2. The van der Waals surface area contributed by atoms with E-state index in [0.29, 0.717) is 35.0 Å². The van der Waals surface area contributed by atoms with Crippen LogP contribution in [0.25, 0.3) is 0 Å². The molecule has 2 heterocycles. The lowest BCUT2D eigenvalue weighted by Crippen LogP contribution is -2.14. The summed E-state index contributed by atoms with van der Waals surface area (Å²) in [7, 11) is 0. The lowest BCUT2D eigenvalue weighted by atomic mass is 10.1. The molecule has 2 aromatic heterocycles. The van der Waals surface area contributed by atoms with Crippen molar-refractivity contribution >= 4 is 34.5 Å². The lowest BCUT2D eigenvalue weighted by Gasteiger charge is -2.09. The fraction of sp³-hybridized carbons (Fsp3) is 0.348. The van der Waals surface area contributed by atoms with Gasteiger partial charge in [-0.2, -0.15) is 5.10 Å². The molecule has 0 fully saturated rings. The minimum absolute atomic E-state index is 0.0628. The van der Waals surface area contributed by atoms with Crippen LogP contribution in [0.4, 0.5) is 11.4 Å². The van der Waals surface area contributed by atoms with Crippen molar-refractivity contribution in [2.24, 2.45) is 5.92 Å². The van der Waals surface area contributed by atoms with Crippen molar-refractivity contribution in [2.75, 3.05) is 10.6 Å². The van der Waals surface area contributed by atoms with Crippen LogP contribution in [0.1, 0.15) is 46.9 Å². The van der Waals surface area contributed by atoms with E-state index in [9.17, 15) is 9.59 Å². The summed E-state index contributed by atoms with van der Waals surface area (Å²) in [5, 5.41) is 12.3. The van der Waals surface area contributed by atoms with Crippen LogP contribution in [0.5, 0.6) is 0 Å². The number of nitrogens with zero attached hydrogens (tertiary/aromatic N) is 2. The molecule has 3 rings (SSSR count). The second-order valence-corrected chi connectivity index (χ2v) is 8.73. The van der Waals surface area contributed by atoms with E-state index in [1.165, 1.54) is 11.3 Å². The minimum atomic E-state index is -0.155. The predicted octanol–water partition coefficient (Wildman–Crippen LogP) is 5.04. The molecule has 2 amide bonds. The summed E-state index contributed by atoms with van der Waals surface area (Å²) in [4.78, 5) is 25.3. The average Bonchev–Trinajstić information content (AvgIpc) is 3.30. The highest BCUT2D eigenvalue weighted by Gasteiger charge is 2.14. The molecular weight excluding hydrogens is 396 g/mol. The van der Waals surface area contributed by atoms with Gasteiger partial charge in [0.2, 0.25) is 5.91 Å². The zero-order valence-electron chi connectivity index (χ0n) is 17.9. The maximum absolute atomic E-state index is 12.5. The summed E-state index contributed by atoms with van der Waals surface area (Å²) >= 11 is 1.39. The molecule has 6 nitrogen and oxygen atoms in total. The number of hydrogen-bond donors (Lipinski definition) is 2. The molecule has 0 radical (unpaired) electrons. The normalized spacial score (nSPS) is 11.0. The molecule has 0 aliphatic carbocycles. The summed E-state index contributed by atoms with van der Waals surface area (Å²) in [5.74, 6) is 0.303. The number of anilines is 2. The molecule has 0 saturated heterocycles. The standard InChI is InChI=1S/C23H28N4O2S/c1-15(2)14-27-17(4)20(16(3)26-27)10-11-22(28)24-18-7-5-8-19(13-18)25-23(29)21-9-6-12-30-21/h5-9,12-13,15H,10-11,14H2,1-4H3,(H,24,28)(H,25,29). The van der Waals surface area contributed by atoms with Crippen molar-refractivity contribution in [1.82, 2.24) is 9.78 Å². The van der Waals surface area contributed by atoms with Crippen LogP contribution in [0.2, 0.25) is 0 Å². The first kappa shape index (κ1) is 21.8. The third kappa shape index (κ3) is 5.57. The average molecular weight is 425 g/mol. The minimum Gasteiger partial charge on any atom is -0.326 e. The van der Waals surface area contributed by atoms with E-state index >= 15 is 0 Å². The van der Waals surface area contributed by atoms with Crippen LogP contribution in [0.3, 0.4) is 0 Å². The number of aryl methyl sites for hydroxylation is 1. The number of carbonyl (C=O) groups is 2. The molecule has 3 aromatic rings. The van der Waals surface area contributed by atoms with Gasteiger partial charge in [-0.25, -0.2) is 0 Å². The maximum atomic E-state index is 12.5. The lowest BCUT2D eigenvalue weighted by molar-refractivity contribution is -0.116. The van der Waals surface area contributed by atoms with E-state index in [1.54, 1.807) is 18.2 Å². The first-order valence-electron chi connectivity index (χ1n) is 10.1. The van der Waals surface area contributed by atoms with Gasteiger partial charge in [-0.05, 0) is 61.4 Å². The Labute approximate surface area is 181 Å². The number of amides is 2. The van der Waals surface area contributed by atoms with Crippen molar-refractivity contribution in [2.45, 2.75) is 47.1 Å². The van der Waals surface area contributed by atoms with Crippen LogP contribution in [0.15, 0.2) is 41.8 Å².